The summed E-state index contributed by atoms with van der Waals surface area (Å²) in [5, 5.41) is 20.9. The average Bonchev–Trinajstić information content (AvgIpc) is 3.15. The summed E-state index contributed by atoms with van der Waals surface area (Å²) in [4.78, 5) is 26.2. The molecule has 0 bridgehead atoms. The van der Waals surface area contributed by atoms with Gasteiger partial charge in [0.15, 0.2) is 0 Å². The van der Waals surface area contributed by atoms with Crippen LogP contribution in [0.4, 0.5) is 0 Å². The van der Waals surface area contributed by atoms with E-state index in [-0.39, 0.29) is 50.6 Å². The molecule has 0 radical (unpaired) electrons. The standard InChI is InChI=1S/2C24H49NO2.Ca/c2*1-3-5-7-9-13-17-21-25(22-18-14-10-8-6-4-2)23-19-15-11-12-16-20-24(26)27;/h2*3-23H2,1-2H3,(H,26,27);/q;;+2/p-2. The zero-order chi connectivity index (χ0) is 40.0. The van der Waals surface area contributed by atoms with Crippen molar-refractivity contribution in [2.24, 2.45) is 0 Å². The third-order valence-electron chi connectivity index (χ3n) is 11.0. The van der Waals surface area contributed by atoms with Gasteiger partial charge >= 0.3 is 37.7 Å². The summed E-state index contributed by atoms with van der Waals surface area (Å²) in [6.45, 7) is 16.6. The maximum atomic E-state index is 10.4. The number of unbranched alkanes of at least 4 members (excludes halogenated alkanes) is 28. The summed E-state index contributed by atoms with van der Waals surface area (Å²) < 4.78 is 0. The zero-order valence-corrected chi connectivity index (χ0v) is 40.1. The van der Waals surface area contributed by atoms with Crippen molar-refractivity contribution < 1.29 is 19.8 Å². The first-order valence-electron chi connectivity index (χ1n) is 24.2. The quantitative estimate of drug-likeness (QED) is 0.0450. The number of rotatable bonds is 44. The maximum absolute atomic E-state index is 10.4. The van der Waals surface area contributed by atoms with Gasteiger partial charge in [-0.05, 0) is 103 Å². The minimum atomic E-state index is -0.904. The molecule has 0 N–H and O–H groups in total. The normalized spacial score (nSPS) is 11.2. The molecule has 6 nitrogen and oxygen atoms in total. The first-order chi connectivity index (χ1) is 26.4. The second-order valence-corrected chi connectivity index (χ2v) is 16.5. The predicted octanol–water partition coefficient (Wildman–Crippen LogP) is 11.8. The van der Waals surface area contributed by atoms with E-state index < -0.39 is 11.9 Å². The molecule has 0 aromatic rings. The van der Waals surface area contributed by atoms with Gasteiger partial charge in [-0.25, -0.2) is 0 Å². The van der Waals surface area contributed by atoms with Crippen LogP contribution in [0.3, 0.4) is 0 Å². The van der Waals surface area contributed by atoms with Crippen LogP contribution < -0.4 is 10.2 Å². The number of carbonyl (C=O) groups is 2. The van der Waals surface area contributed by atoms with Gasteiger partial charge < -0.3 is 29.6 Å². The van der Waals surface area contributed by atoms with Crippen LogP contribution in [0, 0.1) is 0 Å². The Bertz CT molecular complexity index is 649. The molecule has 7 heteroatoms. The summed E-state index contributed by atoms with van der Waals surface area (Å²) in [5.74, 6) is -1.81. The molecule has 0 unspecified atom stereocenters. The third-order valence-corrected chi connectivity index (χ3v) is 11.0. The number of carbonyl (C=O) groups excluding carboxylic acids is 2. The number of carboxylic acids is 2. The van der Waals surface area contributed by atoms with Gasteiger partial charge in [0.05, 0.1) is 0 Å². The number of aliphatic carboxylic acids is 2. The first kappa shape index (κ1) is 59.4. The molecule has 0 amide bonds. The molecule has 0 rings (SSSR count). The molecule has 0 aliphatic rings. The predicted molar refractivity (Wildman–Crippen MR) is 238 cm³/mol. The molecular weight excluding hydrogens is 709 g/mol. The molecule has 55 heavy (non-hydrogen) atoms. The maximum Gasteiger partial charge on any atom is 2.00 e. The van der Waals surface area contributed by atoms with Gasteiger partial charge in [-0.1, -0.05) is 195 Å². The Kier molecular flexibility index (Phi) is 56.3. The van der Waals surface area contributed by atoms with Crippen LogP contribution in [0.2, 0.25) is 0 Å². The number of nitrogens with zero attached hydrogens (tertiary/aromatic N) is 2. The Morgan fingerprint density at radius 2 is 0.455 bits per heavy atom. The van der Waals surface area contributed by atoms with Gasteiger partial charge in [0.25, 0.3) is 0 Å². The molecule has 0 heterocycles. The van der Waals surface area contributed by atoms with Crippen LogP contribution in [0.1, 0.15) is 259 Å². The summed E-state index contributed by atoms with van der Waals surface area (Å²) in [5.41, 5.74) is 0. The van der Waals surface area contributed by atoms with E-state index in [9.17, 15) is 19.8 Å². The van der Waals surface area contributed by atoms with Crippen molar-refractivity contribution >= 4 is 49.7 Å². The van der Waals surface area contributed by atoms with E-state index in [1.165, 1.54) is 219 Å². The fourth-order valence-corrected chi connectivity index (χ4v) is 7.40. The molecular formula is C48H96CaN2O4. The van der Waals surface area contributed by atoms with E-state index in [4.69, 9.17) is 0 Å². The smallest absolute Gasteiger partial charge is 0.550 e. The monoisotopic (exact) mass is 805 g/mol. The van der Waals surface area contributed by atoms with E-state index >= 15 is 0 Å². The van der Waals surface area contributed by atoms with Crippen LogP contribution in [-0.2, 0) is 9.59 Å². The van der Waals surface area contributed by atoms with Gasteiger partial charge in [0, 0.05) is 11.9 Å². The van der Waals surface area contributed by atoms with Crippen molar-refractivity contribution in [2.75, 3.05) is 39.3 Å². The SMILES string of the molecule is CCCCCCCCN(CCCCCCCC)CCCCCCCC(=O)[O-].CCCCCCCCN(CCCCCCCC)CCCCCCCC(=O)[O-].[Ca+2]. The van der Waals surface area contributed by atoms with Crippen molar-refractivity contribution in [3.05, 3.63) is 0 Å². The Morgan fingerprint density at radius 3 is 0.636 bits per heavy atom. The summed E-state index contributed by atoms with van der Waals surface area (Å²) in [6.07, 6.45) is 44.4. The molecule has 0 aromatic carbocycles. The fourth-order valence-electron chi connectivity index (χ4n) is 7.40. The summed E-state index contributed by atoms with van der Waals surface area (Å²) in [6, 6.07) is 0. The van der Waals surface area contributed by atoms with Crippen molar-refractivity contribution in [3.8, 4) is 0 Å². The van der Waals surface area contributed by atoms with Crippen LogP contribution in [0.25, 0.3) is 0 Å². The Hall–Kier alpha value is 0.120. The van der Waals surface area contributed by atoms with Crippen molar-refractivity contribution in [1.29, 1.82) is 0 Å². The number of carboxylic acid groups (broad SMARTS) is 2. The average molecular weight is 805 g/mol. The van der Waals surface area contributed by atoms with Crippen LogP contribution in [0.5, 0.6) is 0 Å². The Balaban J connectivity index is -0.000000966. The molecule has 0 fully saturated rings. The molecule has 0 spiro atoms. The minimum Gasteiger partial charge on any atom is -0.550 e. The topological polar surface area (TPSA) is 86.7 Å². The molecule has 0 saturated heterocycles. The largest absolute Gasteiger partial charge is 2.00 e. The molecule has 324 valence electrons. The van der Waals surface area contributed by atoms with Gasteiger partial charge in [0.2, 0.25) is 0 Å². The third kappa shape index (κ3) is 54.1. The zero-order valence-electron chi connectivity index (χ0n) is 37.9. The fraction of sp³-hybridized carbons (Fsp3) is 0.958. The van der Waals surface area contributed by atoms with Crippen molar-refractivity contribution in [1.82, 2.24) is 9.80 Å². The van der Waals surface area contributed by atoms with Crippen LogP contribution in [0.15, 0.2) is 0 Å². The van der Waals surface area contributed by atoms with Crippen molar-refractivity contribution in [3.63, 3.8) is 0 Å². The Morgan fingerprint density at radius 1 is 0.291 bits per heavy atom. The number of hydrogen-bond donors (Lipinski definition) is 0. The molecule has 0 aliphatic heterocycles. The molecule has 0 aliphatic carbocycles. The number of hydrogen-bond acceptors (Lipinski definition) is 6. The molecule has 0 aromatic heterocycles. The van der Waals surface area contributed by atoms with Crippen LogP contribution >= 0.6 is 0 Å². The van der Waals surface area contributed by atoms with E-state index in [0.717, 1.165) is 38.5 Å². The van der Waals surface area contributed by atoms with Gasteiger partial charge in [-0.3, -0.25) is 0 Å². The van der Waals surface area contributed by atoms with E-state index in [0.29, 0.717) is 0 Å². The van der Waals surface area contributed by atoms with E-state index in [1.54, 1.807) is 0 Å². The molecule has 0 saturated carbocycles. The van der Waals surface area contributed by atoms with Gasteiger partial charge in [0.1, 0.15) is 0 Å². The van der Waals surface area contributed by atoms with Crippen molar-refractivity contribution in [2.45, 2.75) is 259 Å². The second-order valence-electron chi connectivity index (χ2n) is 16.5. The van der Waals surface area contributed by atoms with E-state index in [1.807, 2.05) is 0 Å². The Labute approximate surface area is 374 Å². The first-order valence-corrected chi connectivity index (χ1v) is 24.2. The molecule has 0 atom stereocenters. The van der Waals surface area contributed by atoms with E-state index in [2.05, 4.69) is 37.5 Å². The van der Waals surface area contributed by atoms with Crippen LogP contribution in [-0.4, -0.2) is 98.7 Å². The van der Waals surface area contributed by atoms with Gasteiger partial charge in [-0.15, -0.1) is 0 Å². The van der Waals surface area contributed by atoms with Gasteiger partial charge in [-0.2, -0.15) is 0 Å². The minimum absolute atomic E-state index is 0. The summed E-state index contributed by atoms with van der Waals surface area (Å²) >= 11 is 0. The summed E-state index contributed by atoms with van der Waals surface area (Å²) in [7, 11) is 0. The second kappa shape index (κ2) is 52.1.